The number of nitrogens with one attached hydrogen (secondary N) is 1. The van der Waals surface area contributed by atoms with Crippen molar-refractivity contribution in [1.29, 1.82) is 0 Å². The molecule has 5 heteroatoms. The predicted molar refractivity (Wildman–Crippen MR) is 68.8 cm³/mol. The highest BCUT2D eigenvalue weighted by molar-refractivity contribution is 7.91. The summed E-state index contributed by atoms with van der Waals surface area (Å²) >= 11 is 0. The molecule has 2 rings (SSSR count). The van der Waals surface area contributed by atoms with E-state index in [-0.39, 0.29) is 22.4 Å². The van der Waals surface area contributed by atoms with Crippen LogP contribution in [0.2, 0.25) is 0 Å². The highest BCUT2D eigenvalue weighted by Gasteiger charge is 2.23. The Bertz CT molecular complexity index is 522. The Morgan fingerprint density at radius 1 is 1.44 bits per heavy atom. The molecule has 1 heterocycles. The Balaban J connectivity index is 2.16. The SMILES string of the molecule is Cc1cc(S(=O)(=O)CC2CCCNC2)ccc1F. The summed E-state index contributed by atoms with van der Waals surface area (Å²) in [6, 6.07) is 4.00. The van der Waals surface area contributed by atoms with Crippen LogP contribution in [-0.4, -0.2) is 27.3 Å². The highest BCUT2D eigenvalue weighted by Crippen LogP contribution is 2.20. The molecular weight excluding hydrogens is 253 g/mol. The van der Waals surface area contributed by atoms with Crippen molar-refractivity contribution in [3.05, 3.63) is 29.6 Å². The molecule has 1 aliphatic heterocycles. The van der Waals surface area contributed by atoms with Crippen LogP contribution in [-0.2, 0) is 9.84 Å². The van der Waals surface area contributed by atoms with Gasteiger partial charge in [0.2, 0.25) is 0 Å². The molecule has 1 aromatic rings. The van der Waals surface area contributed by atoms with E-state index in [0.717, 1.165) is 25.9 Å². The molecule has 18 heavy (non-hydrogen) atoms. The molecule has 0 bridgehead atoms. The van der Waals surface area contributed by atoms with Crippen LogP contribution < -0.4 is 5.32 Å². The first-order valence-electron chi connectivity index (χ1n) is 6.19. The zero-order valence-corrected chi connectivity index (χ0v) is 11.3. The van der Waals surface area contributed by atoms with Gasteiger partial charge in [-0.1, -0.05) is 0 Å². The van der Waals surface area contributed by atoms with Gasteiger partial charge in [-0.3, -0.25) is 0 Å². The fraction of sp³-hybridized carbons (Fsp3) is 0.538. The number of piperidine rings is 1. The van der Waals surface area contributed by atoms with Gasteiger partial charge in [0.1, 0.15) is 5.82 Å². The molecule has 1 aromatic carbocycles. The summed E-state index contributed by atoms with van der Waals surface area (Å²) in [5.41, 5.74) is 0.373. The second kappa shape index (κ2) is 5.36. The number of hydrogen-bond donors (Lipinski definition) is 1. The van der Waals surface area contributed by atoms with Crippen molar-refractivity contribution in [3.8, 4) is 0 Å². The van der Waals surface area contributed by atoms with Gasteiger partial charge in [-0.15, -0.1) is 0 Å². The zero-order chi connectivity index (χ0) is 13.2. The van der Waals surface area contributed by atoms with E-state index in [4.69, 9.17) is 0 Å². The first-order chi connectivity index (χ1) is 8.49. The van der Waals surface area contributed by atoms with Crippen molar-refractivity contribution in [2.24, 2.45) is 5.92 Å². The van der Waals surface area contributed by atoms with Gasteiger partial charge >= 0.3 is 0 Å². The molecule has 0 radical (unpaired) electrons. The smallest absolute Gasteiger partial charge is 0.178 e. The van der Waals surface area contributed by atoms with Crippen molar-refractivity contribution in [2.75, 3.05) is 18.8 Å². The monoisotopic (exact) mass is 271 g/mol. The Kier molecular flexibility index (Phi) is 4.02. The summed E-state index contributed by atoms with van der Waals surface area (Å²) in [5, 5.41) is 3.20. The molecule has 100 valence electrons. The lowest BCUT2D eigenvalue weighted by Crippen LogP contribution is -2.33. The van der Waals surface area contributed by atoms with E-state index < -0.39 is 9.84 Å². The average molecular weight is 271 g/mol. The van der Waals surface area contributed by atoms with Gasteiger partial charge in [0.05, 0.1) is 10.6 Å². The maximum Gasteiger partial charge on any atom is 0.178 e. The maximum absolute atomic E-state index is 13.1. The Morgan fingerprint density at radius 2 is 2.22 bits per heavy atom. The van der Waals surface area contributed by atoms with Gasteiger partial charge < -0.3 is 5.32 Å². The first kappa shape index (κ1) is 13.5. The van der Waals surface area contributed by atoms with Crippen LogP contribution >= 0.6 is 0 Å². The molecule has 0 aromatic heterocycles. The summed E-state index contributed by atoms with van der Waals surface area (Å²) in [7, 11) is -3.31. The van der Waals surface area contributed by atoms with Crippen molar-refractivity contribution < 1.29 is 12.8 Å². The van der Waals surface area contributed by atoms with E-state index in [1.165, 1.54) is 18.2 Å². The zero-order valence-electron chi connectivity index (χ0n) is 10.4. The third-order valence-electron chi connectivity index (χ3n) is 3.34. The second-order valence-electron chi connectivity index (χ2n) is 4.90. The molecule has 1 fully saturated rings. The lowest BCUT2D eigenvalue weighted by molar-refractivity contribution is 0.404. The van der Waals surface area contributed by atoms with Crippen LogP contribution in [0.15, 0.2) is 23.1 Å². The molecule has 0 saturated carbocycles. The van der Waals surface area contributed by atoms with Crippen molar-refractivity contribution in [2.45, 2.75) is 24.7 Å². The number of sulfone groups is 1. The largest absolute Gasteiger partial charge is 0.316 e. The minimum Gasteiger partial charge on any atom is -0.316 e. The summed E-state index contributed by atoms with van der Waals surface area (Å²) < 4.78 is 37.6. The summed E-state index contributed by atoms with van der Waals surface area (Å²) in [6.45, 7) is 3.29. The molecule has 0 spiro atoms. The van der Waals surface area contributed by atoms with Crippen molar-refractivity contribution in [1.82, 2.24) is 5.32 Å². The van der Waals surface area contributed by atoms with Gasteiger partial charge in [0, 0.05) is 0 Å². The normalized spacial score (nSPS) is 20.9. The summed E-state index contributed by atoms with van der Waals surface area (Å²) in [6.07, 6.45) is 1.95. The van der Waals surface area contributed by atoms with Gasteiger partial charge in [-0.2, -0.15) is 0 Å². The fourth-order valence-corrected chi connectivity index (χ4v) is 4.01. The van der Waals surface area contributed by atoms with Crippen LogP contribution in [0.5, 0.6) is 0 Å². The number of halogens is 1. The molecule has 3 nitrogen and oxygen atoms in total. The van der Waals surface area contributed by atoms with Gasteiger partial charge in [-0.05, 0) is 62.5 Å². The molecule has 1 aliphatic rings. The number of benzene rings is 1. The van der Waals surface area contributed by atoms with Crippen LogP contribution in [0.1, 0.15) is 18.4 Å². The van der Waals surface area contributed by atoms with E-state index in [9.17, 15) is 12.8 Å². The van der Waals surface area contributed by atoms with E-state index >= 15 is 0 Å². The Hall–Kier alpha value is -0.940. The molecule has 1 atom stereocenters. The molecule has 1 N–H and O–H groups in total. The van der Waals surface area contributed by atoms with Crippen LogP contribution in [0.25, 0.3) is 0 Å². The quantitative estimate of drug-likeness (QED) is 0.854. The highest BCUT2D eigenvalue weighted by atomic mass is 32.2. The van der Waals surface area contributed by atoms with Crippen molar-refractivity contribution >= 4 is 9.84 Å². The van der Waals surface area contributed by atoms with E-state index in [0.29, 0.717) is 5.56 Å². The van der Waals surface area contributed by atoms with Gasteiger partial charge in [0.25, 0.3) is 0 Å². The van der Waals surface area contributed by atoms with E-state index in [1.54, 1.807) is 6.92 Å². The van der Waals surface area contributed by atoms with Crippen LogP contribution in [0.3, 0.4) is 0 Å². The molecule has 0 aliphatic carbocycles. The second-order valence-corrected chi connectivity index (χ2v) is 6.94. The lowest BCUT2D eigenvalue weighted by atomic mass is 10.0. The molecule has 1 saturated heterocycles. The van der Waals surface area contributed by atoms with E-state index in [1.807, 2.05) is 0 Å². The number of aryl methyl sites for hydroxylation is 1. The molecular formula is C13H18FNO2S. The topological polar surface area (TPSA) is 46.2 Å². The lowest BCUT2D eigenvalue weighted by Gasteiger charge is -2.22. The predicted octanol–water partition coefficient (Wildman–Crippen LogP) is 1.91. The van der Waals surface area contributed by atoms with Gasteiger partial charge in [-0.25, -0.2) is 12.8 Å². The minimum absolute atomic E-state index is 0.144. The Morgan fingerprint density at radius 3 is 2.83 bits per heavy atom. The standard InChI is InChI=1S/C13H18FNO2S/c1-10-7-12(4-5-13(10)14)18(16,17)9-11-3-2-6-15-8-11/h4-5,7,11,15H,2-3,6,8-9H2,1H3. The average Bonchev–Trinajstić information content (AvgIpc) is 2.33. The molecule has 0 amide bonds. The van der Waals surface area contributed by atoms with Crippen LogP contribution in [0, 0.1) is 18.7 Å². The van der Waals surface area contributed by atoms with Crippen LogP contribution in [0.4, 0.5) is 4.39 Å². The summed E-state index contributed by atoms with van der Waals surface area (Å²) in [4.78, 5) is 0.229. The number of rotatable bonds is 3. The minimum atomic E-state index is -3.31. The maximum atomic E-state index is 13.1. The molecule has 1 unspecified atom stereocenters. The van der Waals surface area contributed by atoms with Crippen molar-refractivity contribution in [3.63, 3.8) is 0 Å². The number of hydrogen-bond acceptors (Lipinski definition) is 3. The fourth-order valence-electron chi connectivity index (χ4n) is 2.28. The first-order valence-corrected chi connectivity index (χ1v) is 7.84. The Labute approximate surface area is 107 Å². The van der Waals surface area contributed by atoms with Gasteiger partial charge in [0.15, 0.2) is 9.84 Å². The van der Waals surface area contributed by atoms with E-state index in [2.05, 4.69) is 5.32 Å². The third-order valence-corrected chi connectivity index (χ3v) is 5.22. The summed E-state index contributed by atoms with van der Waals surface area (Å²) in [5.74, 6) is -0.0622. The third kappa shape index (κ3) is 3.09.